The fraction of sp³-hybridized carbons (Fsp3) is 0.333. The molecule has 1 heterocycles. The number of nitrogens with zero attached hydrogens (tertiary/aromatic N) is 1. The molecule has 34 heavy (non-hydrogen) atoms. The maximum Gasteiger partial charge on any atom is 0.326 e. The van der Waals surface area contributed by atoms with Crippen molar-refractivity contribution in [1.82, 2.24) is 10.3 Å². The zero-order valence-electron chi connectivity index (χ0n) is 20.1. The Hall–Kier alpha value is -3.42. The molecule has 3 N–H and O–H groups in total. The quantitative estimate of drug-likeness (QED) is 0.397. The van der Waals surface area contributed by atoms with Crippen molar-refractivity contribution in [2.24, 2.45) is 0 Å². The summed E-state index contributed by atoms with van der Waals surface area (Å²) in [6.07, 6.45) is 5.37. The Morgan fingerprint density at radius 1 is 1.06 bits per heavy atom. The normalized spacial score (nSPS) is 12.7. The van der Waals surface area contributed by atoms with E-state index in [1.54, 1.807) is 14.2 Å². The van der Waals surface area contributed by atoms with Gasteiger partial charge < -0.3 is 19.7 Å². The highest BCUT2D eigenvalue weighted by atomic mass is 16.5. The Labute approximate surface area is 200 Å². The smallest absolute Gasteiger partial charge is 0.326 e. The van der Waals surface area contributed by atoms with Crippen molar-refractivity contribution in [3.63, 3.8) is 0 Å². The number of aliphatic hydroxyl groups excluding tert-OH is 1. The standard InChI is InChI=1S/C27H32N2O5/c1-18-21(14-28-15-22(18)20-8-6-5-7-9-20)11-10-19-12-24(33-3)23(25(13-19)34-4)16-29-27(2,17-30)26(31)32/h5-9,12-15,29-30H,10-11,16-17H2,1-4H3,(H,31,32). The minimum atomic E-state index is -1.47. The summed E-state index contributed by atoms with van der Waals surface area (Å²) in [4.78, 5) is 16.0. The molecule has 0 aliphatic heterocycles. The predicted octanol–water partition coefficient (Wildman–Crippen LogP) is 3.78. The summed E-state index contributed by atoms with van der Waals surface area (Å²) in [5.41, 5.74) is 4.90. The number of nitrogens with one attached hydrogen (secondary N) is 1. The first-order valence-electron chi connectivity index (χ1n) is 11.1. The largest absolute Gasteiger partial charge is 0.496 e. The molecular formula is C27H32N2O5. The lowest BCUT2D eigenvalue weighted by atomic mass is 9.95. The zero-order valence-corrected chi connectivity index (χ0v) is 20.1. The van der Waals surface area contributed by atoms with Crippen LogP contribution in [-0.2, 0) is 24.2 Å². The van der Waals surface area contributed by atoms with Crippen LogP contribution in [0.2, 0.25) is 0 Å². The van der Waals surface area contributed by atoms with Crippen LogP contribution < -0.4 is 14.8 Å². The van der Waals surface area contributed by atoms with Crippen LogP contribution in [0.25, 0.3) is 11.1 Å². The minimum Gasteiger partial charge on any atom is -0.496 e. The second-order valence-corrected chi connectivity index (χ2v) is 8.47. The van der Waals surface area contributed by atoms with Crippen LogP contribution in [0.1, 0.15) is 29.2 Å². The van der Waals surface area contributed by atoms with Crippen LogP contribution in [0, 0.1) is 6.92 Å². The van der Waals surface area contributed by atoms with Gasteiger partial charge in [-0.25, -0.2) is 0 Å². The third-order valence-electron chi connectivity index (χ3n) is 6.20. The van der Waals surface area contributed by atoms with Gasteiger partial charge in [0.2, 0.25) is 0 Å². The molecule has 3 aromatic rings. The lowest BCUT2D eigenvalue weighted by molar-refractivity contribution is -0.145. The Kier molecular flexibility index (Phi) is 8.26. The second-order valence-electron chi connectivity index (χ2n) is 8.47. The monoisotopic (exact) mass is 464 g/mol. The van der Waals surface area contributed by atoms with E-state index in [9.17, 15) is 15.0 Å². The van der Waals surface area contributed by atoms with Gasteiger partial charge in [0, 0.05) is 30.1 Å². The second kappa shape index (κ2) is 11.1. The number of methoxy groups -OCH3 is 2. The lowest BCUT2D eigenvalue weighted by Crippen LogP contribution is -2.52. The van der Waals surface area contributed by atoms with Crippen LogP contribution in [0.4, 0.5) is 0 Å². The first-order valence-corrected chi connectivity index (χ1v) is 11.1. The fourth-order valence-electron chi connectivity index (χ4n) is 3.85. The van der Waals surface area contributed by atoms with Gasteiger partial charge in [-0.1, -0.05) is 30.3 Å². The number of aliphatic carboxylic acids is 1. The highest BCUT2D eigenvalue weighted by Crippen LogP contribution is 2.32. The lowest BCUT2D eigenvalue weighted by Gasteiger charge is -2.25. The van der Waals surface area contributed by atoms with Crippen molar-refractivity contribution < 1.29 is 24.5 Å². The molecule has 1 aromatic heterocycles. The summed E-state index contributed by atoms with van der Waals surface area (Å²) < 4.78 is 11.2. The number of rotatable bonds is 11. The maximum absolute atomic E-state index is 11.5. The summed E-state index contributed by atoms with van der Waals surface area (Å²) >= 11 is 0. The molecule has 1 unspecified atom stereocenters. The molecular weight excluding hydrogens is 432 g/mol. The van der Waals surface area contributed by atoms with Crippen LogP contribution in [0.3, 0.4) is 0 Å². The number of benzene rings is 2. The Balaban J connectivity index is 1.82. The predicted molar refractivity (Wildman–Crippen MR) is 131 cm³/mol. The SMILES string of the molecule is COc1cc(CCc2cncc(-c3ccccc3)c2C)cc(OC)c1CNC(C)(CO)C(=O)O. The van der Waals surface area contributed by atoms with E-state index >= 15 is 0 Å². The van der Waals surface area contributed by atoms with Gasteiger partial charge in [0.1, 0.15) is 17.0 Å². The molecule has 0 fully saturated rings. The average Bonchev–Trinajstić information content (AvgIpc) is 2.86. The molecule has 0 spiro atoms. The summed E-state index contributed by atoms with van der Waals surface area (Å²) in [5.74, 6) is 0.0621. The summed E-state index contributed by atoms with van der Waals surface area (Å²) in [6.45, 7) is 3.18. The van der Waals surface area contributed by atoms with Crippen molar-refractivity contribution in [3.8, 4) is 22.6 Å². The molecule has 0 aliphatic carbocycles. The number of aromatic nitrogens is 1. The first-order chi connectivity index (χ1) is 16.3. The molecule has 0 amide bonds. The summed E-state index contributed by atoms with van der Waals surface area (Å²) in [6, 6.07) is 14.1. The van der Waals surface area contributed by atoms with Crippen LogP contribution in [0.5, 0.6) is 11.5 Å². The van der Waals surface area contributed by atoms with Crippen LogP contribution in [0.15, 0.2) is 54.9 Å². The van der Waals surface area contributed by atoms with Gasteiger partial charge in [0.25, 0.3) is 0 Å². The number of aliphatic hydroxyl groups is 1. The molecule has 0 radical (unpaired) electrons. The molecule has 7 nitrogen and oxygen atoms in total. The van der Waals surface area contributed by atoms with E-state index in [2.05, 4.69) is 29.4 Å². The highest BCUT2D eigenvalue weighted by Gasteiger charge is 2.32. The van der Waals surface area contributed by atoms with Gasteiger partial charge in [-0.05, 0) is 61.1 Å². The number of pyridine rings is 1. The third-order valence-corrected chi connectivity index (χ3v) is 6.20. The number of carboxylic acid groups (broad SMARTS) is 1. The molecule has 1 atom stereocenters. The highest BCUT2D eigenvalue weighted by molar-refractivity contribution is 5.78. The molecule has 0 saturated carbocycles. The Morgan fingerprint density at radius 2 is 1.71 bits per heavy atom. The van der Waals surface area contributed by atoms with Crippen molar-refractivity contribution in [1.29, 1.82) is 0 Å². The van der Waals surface area contributed by atoms with Gasteiger partial charge in [0.05, 0.1) is 20.8 Å². The van der Waals surface area contributed by atoms with E-state index < -0.39 is 18.1 Å². The number of hydrogen-bond acceptors (Lipinski definition) is 6. The van der Waals surface area contributed by atoms with Crippen molar-refractivity contribution in [2.45, 2.75) is 38.8 Å². The van der Waals surface area contributed by atoms with Gasteiger partial charge in [-0.3, -0.25) is 15.1 Å². The molecule has 0 aliphatic rings. The Bertz CT molecular complexity index is 1110. The molecule has 7 heteroatoms. The summed E-state index contributed by atoms with van der Waals surface area (Å²) in [7, 11) is 3.14. The van der Waals surface area contributed by atoms with E-state index in [4.69, 9.17) is 9.47 Å². The van der Waals surface area contributed by atoms with E-state index in [-0.39, 0.29) is 6.54 Å². The van der Waals surface area contributed by atoms with Crippen molar-refractivity contribution in [3.05, 3.63) is 77.1 Å². The van der Waals surface area contributed by atoms with Gasteiger partial charge in [0.15, 0.2) is 0 Å². The third kappa shape index (κ3) is 5.55. The first kappa shape index (κ1) is 25.2. The number of ether oxygens (including phenoxy) is 2. The molecule has 2 aromatic carbocycles. The van der Waals surface area contributed by atoms with Crippen molar-refractivity contribution in [2.75, 3.05) is 20.8 Å². The topological polar surface area (TPSA) is 101 Å². The fourth-order valence-corrected chi connectivity index (χ4v) is 3.85. The van der Waals surface area contributed by atoms with Gasteiger partial charge in [-0.15, -0.1) is 0 Å². The zero-order chi connectivity index (χ0) is 24.7. The Morgan fingerprint density at radius 3 is 2.26 bits per heavy atom. The van der Waals surface area contributed by atoms with E-state index in [1.807, 2.05) is 42.7 Å². The van der Waals surface area contributed by atoms with Crippen LogP contribution >= 0.6 is 0 Å². The van der Waals surface area contributed by atoms with Gasteiger partial charge >= 0.3 is 5.97 Å². The van der Waals surface area contributed by atoms with E-state index in [0.717, 1.165) is 29.5 Å². The van der Waals surface area contributed by atoms with Crippen LogP contribution in [-0.4, -0.2) is 47.5 Å². The summed E-state index contributed by atoms with van der Waals surface area (Å²) in [5, 5.41) is 21.8. The van der Waals surface area contributed by atoms with Gasteiger partial charge in [-0.2, -0.15) is 0 Å². The molecule has 0 bridgehead atoms. The number of aryl methyl sites for hydroxylation is 2. The van der Waals surface area contributed by atoms with Crippen molar-refractivity contribution >= 4 is 5.97 Å². The number of carbonyl (C=O) groups is 1. The van der Waals surface area contributed by atoms with E-state index in [0.29, 0.717) is 17.1 Å². The molecule has 0 saturated heterocycles. The maximum atomic E-state index is 11.5. The van der Waals surface area contributed by atoms with E-state index in [1.165, 1.54) is 18.1 Å². The number of hydrogen-bond donors (Lipinski definition) is 3. The number of carboxylic acids is 1. The molecule has 180 valence electrons. The average molecular weight is 465 g/mol. The minimum absolute atomic E-state index is 0.165. The molecule has 3 rings (SSSR count).